The normalized spacial score (nSPS) is 15.0. The summed E-state index contributed by atoms with van der Waals surface area (Å²) in [4.78, 5) is 14.4. The standard InChI is InChI=1S/C15H18N4O/c1-11(16-14-8-9-18(2)17-14)15(20)19-10-7-12-5-3-4-6-13(12)19/h3-6,8-9,11H,7,10H2,1-2H3,(H,16,17). The number of amides is 1. The zero-order valence-electron chi connectivity index (χ0n) is 11.7. The van der Waals surface area contributed by atoms with E-state index in [2.05, 4.69) is 16.5 Å². The van der Waals surface area contributed by atoms with Gasteiger partial charge in [0.05, 0.1) is 0 Å². The fourth-order valence-corrected chi connectivity index (χ4v) is 2.58. The molecule has 20 heavy (non-hydrogen) atoms. The number of para-hydroxylation sites is 1. The molecule has 5 heteroatoms. The molecule has 2 aromatic rings. The van der Waals surface area contributed by atoms with Gasteiger partial charge in [0.2, 0.25) is 5.91 Å². The van der Waals surface area contributed by atoms with E-state index in [1.54, 1.807) is 4.68 Å². The van der Waals surface area contributed by atoms with Crippen LogP contribution in [0.1, 0.15) is 12.5 Å². The maximum Gasteiger partial charge on any atom is 0.249 e. The summed E-state index contributed by atoms with van der Waals surface area (Å²) >= 11 is 0. The average molecular weight is 270 g/mol. The monoisotopic (exact) mass is 270 g/mol. The highest BCUT2D eigenvalue weighted by molar-refractivity contribution is 6.00. The van der Waals surface area contributed by atoms with Gasteiger partial charge in [-0.15, -0.1) is 0 Å². The molecule has 104 valence electrons. The molecule has 2 heterocycles. The Morgan fingerprint density at radius 2 is 2.15 bits per heavy atom. The molecule has 0 saturated carbocycles. The van der Waals surface area contributed by atoms with E-state index < -0.39 is 0 Å². The van der Waals surface area contributed by atoms with Crippen LogP contribution in [-0.4, -0.2) is 28.3 Å². The van der Waals surface area contributed by atoms with Crippen LogP contribution in [0, 0.1) is 0 Å². The van der Waals surface area contributed by atoms with Crippen LogP contribution < -0.4 is 10.2 Å². The number of benzene rings is 1. The van der Waals surface area contributed by atoms with Gasteiger partial charge in [-0.05, 0) is 25.0 Å². The molecule has 1 amide bonds. The first kappa shape index (κ1) is 12.7. The maximum absolute atomic E-state index is 12.5. The van der Waals surface area contributed by atoms with E-state index >= 15 is 0 Å². The Labute approximate surface area is 118 Å². The van der Waals surface area contributed by atoms with Crippen molar-refractivity contribution >= 4 is 17.4 Å². The van der Waals surface area contributed by atoms with Gasteiger partial charge in [-0.1, -0.05) is 18.2 Å². The van der Waals surface area contributed by atoms with Crippen LogP contribution in [0.2, 0.25) is 0 Å². The smallest absolute Gasteiger partial charge is 0.249 e. The fourth-order valence-electron chi connectivity index (χ4n) is 2.58. The van der Waals surface area contributed by atoms with Gasteiger partial charge in [-0.25, -0.2) is 0 Å². The van der Waals surface area contributed by atoms with Crippen LogP contribution in [0.3, 0.4) is 0 Å². The Bertz CT molecular complexity index is 634. The molecule has 0 spiro atoms. The number of fused-ring (bicyclic) bond motifs is 1. The third-order valence-electron chi connectivity index (χ3n) is 3.60. The number of hydrogen-bond donors (Lipinski definition) is 1. The SMILES string of the molecule is CC(Nc1ccn(C)n1)C(=O)N1CCc2ccccc21. The lowest BCUT2D eigenvalue weighted by molar-refractivity contribution is -0.118. The molecule has 0 radical (unpaired) electrons. The van der Waals surface area contributed by atoms with E-state index in [0.29, 0.717) is 0 Å². The van der Waals surface area contributed by atoms with Crippen molar-refractivity contribution in [1.82, 2.24) is 9.78 Å². The van der Waals surface area contributed by atoms with E-state index in [-0.39, 0.29) is 11.9 Å². The molecule has 1 aliphatic heterocycles. The number of nitrogens with one attached hydrogen (secondary N) is 1. The minimum Gasteiger partial charge on any atom is -0.357 e. The number of hydrogen-bond acceptors (Lipinski definition) is 3. The van der Waals surface area contributed by atoms with Gasteiger partial charge in [0.1, 0.15) is 11.9 Å². The van der Waals surface area contributed by atoms with Gasteiger partial charge in [-0.2, -0.15) is 5.10 Å². The zero-order chi connectivity index (χ0) is 14.1. The molecule has 1 N–H and O–H groups in total. The predicted molar refractivity (Wildman–Crippen MR) is 78.8 cm³/mol. The molecule has 1 unspecified atom stereocenters. The molecule has 0 bridgehead atoms. The van der Waals surface area contributed by atoms with Gasteiger partial charge < -0.3 is 10.2 Å². The maximum atomic E-state index is 12.5. The first-order valence-electron chi connectivity index (χ1n) is 6.80. The number of aromatic nitrogens is 2. The third kappa shape index (κ3) is 2.27. The molecule has 1 aliphatic rings. The van der Waals surface area contributed by atoms with Gasteiger partial charge in [-0.3, -0.25) is 9.48 Å². The number of carbonyl (C=O) groups excluding carboxylic acids is 1. The number of carbonyl (C=O) groups is 1. The topological polar surface area (TPSA) is 50.2 Å². The Balaban J connectivity index is 1.73. The summed E-state index contributed by atoms with van der Waals surface area (Å²) in [6.07, 6.45) is 2.78. The Kier molecular flexibility index (Phi) is 3.18. The second-order valence-electron chi connectivity index (χ2n) is 5.11. The molecule has 0 aliphatic carbocycles. The lowest BCUT2D eigenvalue weighted by Gasteiger charge is -2.22. The zero-order valence-corrected chi connectivity index (χ0v) is 11.7. The lowest BCUT2D eigenvalue weighted by atomic mass is 10.2. The summed E-state index contributed by atoms with van der Waals surface area (Å²) in [5.41, 5.74) is 2.28. The van der Waals surface area contributed by atoms with Crippen molar-refractivity contribution < 1.29 is 4.79 Å². The van der Waals surface area contributed by atoms with Crippen LogP contribution in [0.5, 0.6) is 0 Å². The molecule has 1 atom stereocenters. The van der Waals surface area contributed by atoms with Crippen molar-refractivity contribution in [2.75, 3.05) is 16.8 Å². The number of aryl methyl sites for hydroxylation is 1. The largest absolute Gasteiger partial charge is 0.357 e. The Hall–Kier alpha value is -2.30. The van der Waals surface area contributed by atoms with Gasteiger partial charge in [0.25, 0.3) is 0 Å². The van der Waals surface area contributed by atoms with Crippen molar-refractivity contribution in [3.05, 3.63) is 42.1 Å². The van der Waals surface area contributed by atoms with Gasteiger partial charge in [0.15, 0.2) is 0 Å². The Morgan fingerprint density at radius 3 is 2.90 bits per heavy atom. The van der Waals surface area contributed by atoms with Crippen LogP contribution in [0.25, 0.3) is 0 Å². The molecule has 1 aromatic heterocycles. The minimum absolute atomic E-state index is 0.0839. The summed E-state index contributed by atoms with van der Waals surface area (Å²) < 4.78 is 1.71. The van der Waals surface area contributed by atoms with Crippen molar-refractivity contribution in [3.8, 4) is 0 Å². The summed E-state index contributed by atoms with van der Waals surface area (Å²) in [5.74, 6) is 0.807. The van der Waals surface area contributed by atoms with Gasteiger partial charge >= 0.3 is 0 Å². The molecule has 3 rings (SSSR count). The number of nitrogens with zero attached hydrogens (tertiary/aromatic N) is 3. The third-order valence-corrected chi connectivity index (χ3v) is 3.60. The van der Waals surface area contributed by atoms with Crippen LogP contribution in [0.4, 0.5) is 11.5 Å². The van der Waals surface area contributed by atoms with Crippen molar-refractivity contribution in [3.63, 3.8) is 0 Å². The van der Waals surface area contributed by atoms with E-state index in [1.807, 2.05) is 49.3 Å². The highest BCUT2D eigenvalue weighted by atomic mass is 16.2. The highest BCUT2D eigenvalue weighted by Crippen LogP contribution is 2.28. The lowest BCUT2D eigenvalue weighted by Crippen LogP contribution is -2.40. The van der Waals surface area contributed by atoms with E-state index in [9.17, 15) is 4.79 Å². The molecule has 5 nitrogen and oxygen atoms in total. The first-order valence-corrected chi connectivity index (χ1v) is 6.80. The predicted octanol–water partition coefficient (Wildman–Crippen LogP) is 1.81. The molecular formula is C15H18N4O. The van der Waals surface area contributed by atoms with Crippen molar-refractivity contribution in [2.45, 2.75) is 19.4 Å². The molecular weight excluding hydrogens is 252 g/mol. The quantitative estimate of drug-likeness (QED) is 0.925. The highest BCUT2D eigenvalue weighted by Gasteiger charge is 2.27. The van der Waals surface area contributed by atoms with E-state index in [4.69, 9.17) is 0 Å². The first-order chi connectivity index (χ1) is 9.65. The number of anilines is 2. The van der Waals surface area contributed by atoms with Crippen molar-refractivity contribution in [2.24, 2.45) is 7.05 Å². The average Bonchev–Trinajstić information content (AvgIpc) is 3.04. The number of rotatable bonds is 3. The van der Waals surface area contributed by atoms with Gasteiger partial charge in [0, 0.05) is 31.5 Å². The summed E-state index contributed by atoms with van der Waals surface area (Å²) in [6.45, 7) is 2.63. The summed E-state index contributed by atoms with van der Waals surface area (Å²) in [5, 5.41) is 7.39. The molecule has 0 fully saturated rings. The molecule has 0 saturated heterocycles. The fraction of sp³-hybridized carbons (Fsp3) is 0.333. The van der Waals surface area contributed by atoms with E-state index in [0.717, 1.165) is 24.5 Å². The Morgan fingerprint density at radius 1 is 1.35 bits per heavy atom. The van der Waals surface area contributed by atoms with Crippen LogP contribution >= 0.6 is 0 Å². The van der Waals surface area contributed by atoms with Crippen LogP contribution in [0.15, 0.2) is 36.5 Å². The minimum atomic E-state index is -0.295. The van der Waals surface area contributed by atoms with Crippen LogP contribution in [-0.2, 0) is 18.3 Å². The second kappa shape index (κ2) is 5.00. The second-order valence-corrected chi connectivity index (χ2v) is 5.11. The van der Waals surface area contributed by atoms with E-state index in [1.165, 1.54) is 5.56 Å². The summed E-state index contributed by atoms with van der Waals surface area (Å²) in [7, 11) is 1.86. The van der Waals surface area contributed by atoms with Crippen molar-refractivity contribution in [1.29, 1.82) is 0 Å². The summed E-state index contributed by atoms with van der Waals surface area (Å²) in [6, 6.07) is 9.65. The molecule has 1 aromatic carbocycles.